The molecule has 1 rings (SSSR count). The third-order valence-electron chi connectivity index (χ3n) is 2.33. The molecule has 0 aliphatic heterocycles. The van der Waals surface area contributed by atoms with E-state index in [0.717, 1.165) is 0 Å². The van der Waals surface area contributed by atoms with E-state index in [-0.39, 0.29) is 18.1 Å². The Morgan fingerprint density at radius 3 is 2.06 bits per heavy atom. The molecule has 0 aromatic heterocycles. The summed E-state index contributed by atoms with van der Waals surface area (Å²) < 4.78 is 33.3. The van der Waals surface area contributed by atoms with Gasteiger partial charge < -0.3 is 10.5 Å². The highest BCUT2D eigenvalue weighted by atomic mass is 19.3. The molecule has 4 heteroatoms. The van der Waals surface area contributed by atoms with E-state index in [1.807, 2.05) is 13.8 Å². The lowest BCUT2D eigenvalue weighted by Gasteiger charge is -2.26. The van der Waals surface area contributed by atoms with Crippen LogP contribution in [0.4, 0.5) is 8.78 Å². The van der Waals surface area contributed by atoms with Crippen molar-refractivity contribution in [3.63, 3.8) is 0 Å². The van der Waals surface area contributed by atoms with E-state index >= 15 is 0 Å². The van der Waals surface area contributed by atoms with Crippen molar-refractivity contribution in [2.24, 2.45) is 5.73 Å². The molecule has 0 aliphatic rings. The Labute approximate surface area is 107 Å². The van der Waals surface area contributed by atoms with Crippen LogP contribution in [0.2, 0.25) is 0 Å². The smallest absolute Gasteiger partial charge is 0.274 e. The summed E-state index contributed by atoms with van der Waals surface area (Å²) in [4.78, 5) is 0. The van der Waals surface area contributed by atoms with Crippen molar-refractivity contribution < 1.29 is 13.5 Å². The zero-order valence-corrected chi connectivity index (χ0v) is 11.3. The maximum Gasteiger partial charge on any atom is 0.274 e. The fourth-order valence-corrected chi connectivity index (χ4v) is 1.72. The summed E-state index contributed by atoms with van der Waals surface area (Å²) in [5, 5.41) is 0. The minimum absolute atomic E-state index is 0.0272. The highest BCUT2D eigenvalue weighted by molar-refractivity contribution is 5.30. The van der Waals surface area contributed by atoms with Crippen molar-refractivity contribution in [1.29, 1.82) is 0 Å². The first kappa shape index (κ1) is 14.9. The maximum atomic E-state index is 13.9. The Hall–Kier alpha value is -1.16. The maximum absolute atomic E-state index is 13.9. The molecule has 0 saturated carbocycles. The van der Waals surface area contributed by atoms with E-state index in [4.69, 9.17) is 10.5 Å². The SMILES string of the molecule is CC(C)Oc1ccc(C(F)(F)CC(C)(C)N)cc1. The molecule has 0 aliphatic carbocycles. The molecule has 0 fully saturated rings. The molecular formula is C14H21F2NO. The monoisotopic (exact) mass is 257 g/mol. The van der Waals surface area contributed by atoms with Gasteiger partial charge in [-0.2, -0.15) is 0 Å². The van der Waals surface area contributed by atoms with Gasteiger partial charge in [0.2, 0.25) is 0 Å². The molecular weight excluding hydrogens is 236 g/mol. The summed E-state index contributed by atoms with van der Waals surface area (Å²) in [7, 11) is 0. The summed E-state index contributed by atoms with van der Waals surface area (Å²) in [6.07, 6.45) is -0.357. The van der Waals surface area contributed by atoms with Crippen LogP contribution in [0.3, 0.4) is 0 Å². The molecule has 0 spiro atoms. The van der Waals surface area contributed by atoms with Gasteiger partial charge in [0.25, 0.3) is 5.92 Å². The molecule has 18 heavy (non-hydrogen) atoms. The van der Waals surface area contributed by atoms with E-state index in [1.165, 1.54) is 12.1 Å². The number of halogens is 2. The zero-order chi connectivity index (χ0) is 14.0. The van der Waals surface area contributed by atoms with E-state index in [0.29, 0.717) is 5.75 Å². The Morgan fingerprint density at radius 2 is 1.67 bits per heavy atom. The minimum Gasteiger partial charge on any atom is -0.491 e. The summed E-state index contributed by atoms with van der Waals surface area (Å²) >= 11 is 0. The Kier molecular flexibility index (Phi) is 4.32. The van der Waals surface area contributed by atoms with Gasteiger partial charge in [-0.1, -0.05) is 0 Å². The Balaban J connectivity index is 2.84. The van der Waals surface area contributed by atoms with Crippen LogP contribution < -0.4 is 10.5 Å². The van der Waals surface area contributed by atoms with Gasteiger partial charge in [-0.25, -0.2) is 8.78 Å². The van der Waals surface area contributed by atoms with E-state index in [1.54, 1.807) is 26.0 Å². The van der Waals surface area contributed by atoms with Crippen molar-refractivity contribution in [2.75, 3.05) is 0 Å². The fourth-order valence-electron chi connectivity index (χ4n) is 1.72. The molecule has 0 radical (unpaired) electrons. The van der Waals surface area contributed by atoms with E-state index < -0.39 is 11.5 Å². The second-order valence-corrected chi connectivity index (χ2v) is 5.56. The molecule has 0 atom stereocenters. The third-order valence-corrected chi connectivity index (χ3v) is 2.33. The Bertz CT molecular complexity index is 380. The highest BCUT2D eigenvalue weighted by Gasteiger charge is 2.36. The average Bonchev–Trinajstić information content (AvgIpc) is 2.13. The van der Waals surface area contributed by atoms with Gasteiger partial charge in [-0.05, 0) is 52.0 Å². The molecule has 0 saturated heterocycles. The van der Waals surface area contributed by atoms with Crippen LogP contribution in [0.5, 0.6) is 5.75 Å². The molecule has 2 nitrogen and oxygen atoms in total. The zero-order valence-electron chi connectivity index (χ0n) is 11.3. The predicted molar refractivity (Wildman–Crippen MR) is 69.0 cm³/mol. The van der Waals surface area contributed by atoms with Crippen molar-refractivity contribution in [1.82, 2.24) is 0 Å². The van der Waals surface area contributed by atoms with Gasteiger partial charge in [-0.3, -0.25) is 0 Å². The number of hydrogen-bond donors (Lipinski definition) is 1. The van der Waals surface area contributed by atoms with Crippen LogP contribution in [-0.2, 0) is 5.92 Å². The lowest BCUT2D eigenvalue weighted by Crippen LogP contribution is -2.38. The predicted octanol–water partition coefficient (Wildman–Crippen LogP) is 3.69. The number of ether oxygens (including phenoxy) is 1. The first-order chi connectivity index (χ1) is 8.10. The van der Waals surface area contributed by atoms with Crippen molar-refractivity contribution in [3.8, 4) is 5.75 Å². The van der Waals surface area contributed by atoms with Crippen LogP contribution in [0.25, 0.3) is 0 Å². The van der Waals surface area contributed by atoms with E-state index in [2.05, 4.69) is 0 Å². The minimum atomic E-state index is -2.92. The molecule has 1 aromatic carbocycles. The number of alkyl halides is 2. The Morgan fingerprint density at radius 1 is 1.17 bits per heavy atom. The summed E-state index contributed by atoms with van der Waals surface area (Å²) in [5.74, 6) is -2.33. The lowest BCUT2D eigenvalue weighted by atomic mass is 9.93. The second kappa shape index (κ2) is 5.22. The highest BCUT2D eigenvalue weighted by Crippen LogP contribution is 2.35. The summed E-state index contributed by atoms with van der Waals surface area (Å²) in [6, 6.07) is 5.91. The molecule has 0 unspecified atom stereocenters. The first-order valence-corrected chi connectivity index (χ1v) is 6.04. The van der Waals surface area contributed by atoms with E-state index in [9.17, 15) is 8.78 Å². The van der Waals surface area contributed by atoms with Crippen LogP contribution in [-0.4, -0.2) is 11.6 Å². The van der Waals surface area contributed by atoms with Gasteiger partial charge in [0, 0.05) is 17.5 Å². The van der Waals surface area contributed by atoms with Crippen LogP contribution in [0.1, 0.15) is 39.7 Å². The van der Waals surface area contributed by atoms with Gasteiger partial charge >= 0.3 is 0 Å². The van der Waals surface area contributed by atoms with Gasteiger partial charge in [0.15, 0.2) is 0 Å². The quantitative estimate of drug-likeness (QED) is 0.873. The second-order valence-electron chi connectivity index (χ2n) is 5.56. The lowest BCUT2D eigenvalue weighted by molar-refractivity contribution is -0.0296. The number of benzene rings is 1. The molecule has 0 amide bonds. The summed E-state index contributed by atoms with van der Waals surface area (Å²) in [6.45, 7) is 6.97. The fraction of sp³-hybridized carbons (Fsp3) is 0.571. The average molecular weight is 257 g/mol. The topological polar surface area (TPSA) is 35.2 Å². The number of rotatable bonds is 5. The summed E-state index contributed by atoms with van der Waals surface area (Å²) in [5.41, 5.74) is 4.71. The number of nitrogens with two attached hydrogens (primary N) is 1. The van der Waals surface area contributed by atoms with Crippen LogP contribution >= 0.6 is 0 Å². The van der Waals surface area contributed by atoms with Crippen molar-refractivity contribution in [2.45, 2.75) is 51.7 Å². The van der Waals surface area contributed by atoms with Gasteiger partial charge in [0.1, 0.15) is 5.75 Å². The van der Waals surface area contributed by atoms with Crippen molar-refractivity contribution >= 4 is 0 Å². The number of hydrogen-bond acceptors (Lipinski definition) is 2. The van der Waals surface area contributed by atoms with Crippen LogP contribution in [0.15, 0.2) is 24.3 Å². The van der Waals surface area contributed by atoms with Crippen molar-refractivity contribution in [3.05, 3.63) is 29.8 Å². The molecule has 1 aromatic rings. The third kappa shape index (κ3) is 4.61. The molecule has 2 N–H and O–H groups in total. The van der Waals surface area contributed by atoms with Gasteiger partial charge in [0.05, 0.1) is 6.10 Å². The standard InChI is InChI=1S/C14H21F2NO/c1-10(2)18-12-7-5-11(6-8-12)14(15,16)9-13(3,4)17/h5-8,10H,9,17H2,1-4H3. The largest absolute Gasteiger partial charge is 0.491 e. The molecule has 102 valence electrons. The van der Waals surface area contributed by atoms with Crippen LogP contribution in [0, 0.1) is 0 Å². The molecule has 0 bridgehead atoms. The first-order valence-electron chi connectivity index (χ1n) is 6.04. The van der Waals surface area contributed by atoms with Gasteiger partial charge in [-0.15, -0.1) is 0 Å². The normalized spacial score (nSPS) is 12.9. The molecule has 0 heterocycles.